The van der Waals surface area contributed by atoms with Crippen LogP contribution in [0.3, 0.4) is 0 Å². The highest BCUT2D eigenvalue weighted by Gasteiger charge is 2.70. The van der Waals surface area contributed by atoms with E-state index in [0.717, 1.165) is 42.4 Å². The monoisotopic (exact) mass is 635 g/mol. The van der Waals surface area contributed by atoms with E-state index in [4.69, 9.17) is 4.74 Å². The Hall–Kier alpha value is -2.06. The molecule has 0 radical (unpaired) electrons. The topological polar surface area (TPSA) is 119 Å². The lowest BCUT2D eigenvalue weighted by Gasteiger charge is -2.69. The van der Waals surface area contributed by atoms with E-state index in [1.807, 2.05) is 20.9 Å². The van der Waals surface area contributed by atoms with Crippen molar-refractivity contribution in [2.24, 2.45) is 39.4 Å². The van der Waals surface area contributed by atoms with Crippen molar-refractivity contribution in [3.05, 3.63) is 40.5 Å². The van der Waals surface area contributed by atoms with Gasteiger partial charge in [0.1, 0.15) is 17.6 Å². The molecule has 1 saturated heterocycles. The highest BCUT2D eigenvalue weighted by molar-refractivity contribution is 6.00. The average molecular weight is 636 g/mol. The number of carbonyl (C=O) groups excluding carboxylic acids is 2. The van der Waals surface area contributed by atoms with Crippen molar-refractivity contribution >= 4 is 11.6 Å². The van der Waals surface area contributed by atoms with E-state index in [9.17, 15) is 24.9 Å². The van der Waals surface area contributed by atoms with Gasteiger partial charge >= 0.3 is 0 Å². The van der Waals surface area contributed by atoms with Crippen molar-refractivity contribution in [2.45, 2.75) is 130 Å². The molecule has 1 aliphatic heterocycles. The first kappa shape index (κ1) is 33.8. The second-order valence-electron chi connectivity index (χ2n) is 17.3. The van der Waals surface area contributed by atoms with Gasteiger partial charge in [0.15, 0.2) is 5.78 Å². The third-order valence-corrected chi connectivity index (χ3v) is 14.0. The molecule has 7 heteroatoms. The molecule has 1 aromatic rings. The van der Waals surface area contributed by atoms with Crippen LogP contribution in [0.1, 0.15) is 117 Å². The van der Waals surface area contributed by atoms with E-state index in [2.05, 4.69) is 46.0 Å². The lowest BCUT2D eigenvalue weighted by atomic mass is 9.34. The van der Waals surface area contributed by atoms with Crippen LogP contribution >= 0.6 is 0 Å². The fourth-order valence-electron chi connectivity index (χ4n) is 12.1. The Morgan fingerprint density at radius 1 is 1.04 bits per heavy atom. The molecule has 46 heavy (non-hydrogen) atoms. The number of nitrogens with one attached hydrogen (secondary N) is 1. The molecule has 254 valence electrons. The van der Waals surface area contributed by atoms with Gasteiger partial charge in [0.05, 0.1) is 11.7 Å². The maximum Gasteiger partial charge on any atom is 0.159 e. The first-order valence-electron chi connectivity index (χ1n) is 17.7. The second-order valence-corrected chi connectivity index (χ2v) is 17.3. The Morgan fingerprint density at radius 2 is 1.74 bits per heavy atom. The van der Waals surface area contributed by atoms with Crippen LogP contribution in [0, 0.1) is 39.4 Å². The molecule has 1 heterocycles. The lowest BCUT2D eigenvalue weighted by molar-refractivity contribution is -0.193. The van der Waals surface area contributed by atoms with Crippen LogP contribution < -0.4 is 5.32 Å². The number of aromatic hydroxyl groups is 1. The molecule has 9 unspecified atom stereocenters. The van der Waals surface area contributed by atoms with E-state index in [0.29, 0.717) is 32.2 Å². The highest BCUT2D eigenvalue weighted by atomic mass is 16.6. The smallest absolute Gasteiger partial charge is 0.159 e. The largest absolute Gasteiger partial charge is 0.508 e. The molecule has 3 saturated carbocycles. The molecular formula is C39H57NO6. The van der Waals surface area contributed by atoms with Crippen LogP contribution in [-0.2, 0) is 20.9 Å². The number of rotatable bonds is 9. The Labute approximate surface area is 275 Å². The number of hydrogen-bond acceptors (Lipinski definition) is 7. The van der Waals surface area contributed by atoms with Crippen molar-refractivity contribution in [2.75, 3.05) is 13.7 Å². The molecule has 7 nitrogen and oxygen atoms in total. The molecule has 0 aromatic heterocycles. The summed E-state index contributed by atoms with van der Waals surface area (Å²) in [5.74, 6) is 0.668. The van der Waals surface area contributed by atoms with Gasteiger partial charge < -0.3 is 25.4 Å². The summed E-state index contributed by atoms with van der Waals surface area (Å²) in [5.41, 5.74) is 2.32. The number of phenols is 1. The summed E-state index contributed by atoms with van der Waals surface area (Å²) in [5, 5.41) is 35.5. The predicted molar refractivity (Wildman–Crippen MR) is 178 cm³/mol. The summed E-state index contributed by atoms with van der Waals surface area (Å²) >= 11 is 0. The van der Waals surface area contributed by atoms with Gasteiger partial charge in [-0.2, -0.15) is 0 Å². The quantitative estimate of drug-likeness (QED) is 0.238. The number of epoxide rings is 1. The third-order valence-electron chi connectivity index (χ3n) is 14.0. The van der Waals surface area contributed by atoms with Crippen LogP contribution in [-0.4, -0.2) is 58.3 Å². The van der Waals surface area contributed by atoms with Crippen LogP contribution in [0.4, 0.5) is 0 Å². The molecule has 9 atom stereocenters. The van der Waals surface area contributed by atoms with E-state index in [1.165, 1.54) is 5.57 Å². The lowest BCUT2D eigenvalue weighted by Crippen LogP contribution is -2.64. The second kappa shape index (κ2) is 11.2. The number of carbonyl (C=O) groups is 2. The van der Waals surface area contributed by atoms with Gasteiger partial charge in [0.2, 0.25) is 0 Å². The number of allylic oxidation sites excluding steroid dienone is 2. The Balaban J connectivity index is 1.39. The third kappa shape index (κ3) is 4.89. The van der Waals surface area contributed by atoms with Crippen LogP contribution in [0.15, 0.2) is 29.3 Å². The number of ether oxygens (including phenoxy) is 1. The standard InChI is InChI=1S/C39H57NO6/c1-22(15-28(43)34-36(4,5)46-34)32-27-9-10-31-37(6)19-26(24-16-23(21-40-8)17-25(42)18-24)33(45)35(2,3)30(37)11-12-39(31,13-14-41)38(27,7)20-29(32)44/h16-18,22,26,28,30-31,34,40-43H,9-15,19-21H2,1-8H3. The summed E-state index contributed by atoms with van der Waals surface area (Å²) in [6, 6.07) is 5.62. The van der Waals surface area contributed by atoms with Crippen LogP contribution in [0.5, 0.6) is 5.75 Å². The number of fused-ring (bicyclic) bond motifs is 5. The maximum atomic E-state index is 14.4. The van der Waals surface area contributed by atoms with E-state index >= 15 is 0 Å². The normalized spacial score (nSPS) is 39.0. The Kier molecular flexibility index (Phi) is 8.27. The minimum absolute atomic E-state index is 0.0672. The van der Waals surface area contributed by atoms with Gasteiger partial charge in [-0.15, -0.1) is 0 Å². The van der Waals surface area contributed by atoms with E-state index in [-0.39, 0.29) is 75.5 Å². The molecule has 4 N–H and O–H groups in total. The average Bonchev–Trinajstić information content (AvgIpc) is 3.51. The summed E-state index contributed by atoms with van der Waals surface area (Å²) < 4.78 is 5.73. The Bertz CT molecular complexity index is 1450. The van der Waals surface area contributed by atoms with Gasteiger partial charge in [-0.3, -0.25) is 9.59 Å². The van der Waals surface area contributed by atoms with Crippen molar-refractivity contribution < 1.29 is 29.6 Å². The van der Waals surface area contributed by atoms with E-state index in [1.54, 1.807) is 12.1 Å². The van der Waals surface area contributed by atoms with Gasteiger partial charge in [0.25, 0.3) is 0 Å². The highest BCUT2D eigenvalue weighted by Crippen LogP contribution is 2.75. The van der Waals surface area contributed by atoms with Crippen molar-refractivity contribution in [3.63, 3.8) is 0 Å². The van der Waals surface area contributed by atoms with Gasteiger partial charge in [0, 0.05) is 36.3 Å². The molecule has 5 aliphatic rings. The predicted octanol–water partition coefficient (Wildman–Crippen LogP) is 6.23. The van der Waals surface area contributed by atoms with Crippen LogP contribution in [0.2, 0.25) is 0 Å². The molecule has 0 amide bonds. The number of ketones is 2. The zero-order chi connectivity index (χ0) is 33.6. The van der Waals surface area contributed by atoms with Crippen LogP contribution in [0.25, 0.3) is 0 Å². The molecule has 0 bridgehead atoms. The maximum absolute atomic E-state index is 14.4. The fraction of sp³-hybridized carbons (Fsp3) is 0.744. The molecule has 4 aliphatic carbocycles. The number of aliphatic hydroxyl groups is 2. The SMILES string of the molecule is CNCc1cc(O)cc(C2CC3(C)C(CCC4(CCO)C3CCC3=C(C(C)CC(O)C5OC5(C)C)C(=O)CC34C)C(C)(C)C2=O)c1. The molecule has 4 fully saturated rings. The summed E-state index contributed by atoms with van der Waals surface area (Å²) in [6.07, 6.45) is 5.02. The molecule has 1 aromatic carbocycles. The van der Waals surface area contributed by atoms with Gasteiger partial charge in [-0.25, -0.2) is 0 Å². The Morgan fingerprint density at radius 3 is 2.37 bits per heavy atom. The number of hydrogen-bond donors (Lipinski definition) is 4. The zero-order valence-electron chi connectivity index (χ0n) is 29.3. The van der Waals surface area contributed by atoms with Crippen molar-refractivity contribution in [1.82, 2.24) is 5.32 Å². The molecule has 6 rings (SSSR count). The number of phenolic OH excluding ortho intramolecular Hbond substituents is 1. The summed E-state index contributed by atoms with van der Waals surface area (Å²) in [4.78, 5) is 28.4. The first-order valence-corrected chi connectivity index (χ1v) is 17.7. The molecule has 0 spiro atoms. The summed E-state index contributed by atoms with van der Waals surface area (Å²) in [6.45, 7) is 15.7. The number of Topliss-reactive ketones (excluding diaryl/α,β-unsaturated/α-hetero) is 2. The number of aliphatic hydroxyl groups excluding tert-OH is 2. The molecular weight excluding hydrogens is 578 g/mol. The van der Waals surface area contributed by atoms with Crippen molar-refractivity contribution in [3.8, 4) is 5.75 Å². The minimum atomic E-state index is -0.611. The van der Waals surface area contributed by atoms with Gasteiger partial charge in [-0.05, 0) is 123 Å². The van der Waals surface area contributed by atoms with E-state index < -0.39 is 11.5 Å². The zero-order valence-corrected chi connectivity index (χ0v) is 29.3. The first-order chi connectivity index (χ1) is 21.5. The number of benzene rings is 1. The minimum Gasteiger partial charge on any atom is -0.508 e. The summed E-state index contributed by atoms with van der Waals surface area (Å²) in [7, 11) is 1.88. The van der Waals surface area contributed by atoms with Gasteiger partial charge in [-0.1, -0.05) is 46.3 Å². The van der Waals surface area contributed by atoms with Crippen molar-refractivity contribution in [1.29, 1.82) is 0 Å². The fourth-order valence-corrected chi connectivity index (χ4v) is 12.1.